The number of unbranched alkanes of at least 4 members (excludes halogenated alkanes) is 3. The Morgan fingerprint density at radius 2 is 1.76 bits per heavy atom. The lowest BCUT2D eigenvalue weighted by atomic mass is 10.2. The molecule has 4 nitrogen and oxygen atoms in total. The highest BCUT2D eigenvalue weighted by atomic mass is 32.2. The monoisotopic (exact) mass is 306 g/mol. The van der Waals surface area contributed by atoms with Gasteiger partial charge in [0, 0.05) is 12.2 Å². The van der Waals surface area contributed by atoms with E-state index in [-0.39, 0.29) is 0 Å². The number of thioether (sulfide) groups is 1. The summed E-state index contributed by atoms with van der Waals surface area (Å²) in [5, 5.41) is 1.03. The number of nitrogens with zero attached hydrogens (tertiary/aromatic N) is 3. The van der Waals surface area contributed by atoms with Crippen LogP contribution in [0.1, 0.15) is 42.8 Å². The first-order chi connectivity index (χ1) is 10.1. The van der Waals surface area contributed by atoms with Gasteiger partial charge in [0.25, 0.3) is 0 Å². The van der Waals surface area contributed by atoms with E-state index in [1.807, 2.05) is 18.7 Å². The molecule has 0 spiro atoms. The third-order valence-corrected chi connectivity index (χ3v) is 4.79. The standard InChI is InChI=1S/C16H26N4S/c1-11-12(2)20(9-7-5-6-8-10-21-4)16-14(11)15(17)18-13(3)19-16/h5-10H2,1-4H3,(H2,17,18,19). The lowest BCUT2D eigenvalue weighted by Crippen LogP contribution is -2.04. The Hall–Kier alpha value is -1.23. The fraction of sp³-hybridized carbons (Fsp3) is 0.625. The van der Waals surface area contributed by atoms with Crippen LogP contribution >= 0.6 is 11.8 Å². The molecular formula is C16H26N4S. The molecule has 21 heavy (non-hydrogen) atoms. The quantitative estimate of drug-likeness (QED) is 0.789. The summed E-state index contributed by atoms with van der Waals surface area (Å²) in [4.78, 5) is 8.91. The van der Waals surface area contributed by atoms with Gasteiger partial charge in [-0.05, 0) is 51.2 Å². The minimum absolute atomic E-state index is 0.608. The maximum Gasteiger partial charge on any atom is 0.146 e. The molecular weight excluding hydrogens is 280 g/mol. The number of aromatic nitrogens is 3. The van der Waals surface area contributed by atoms with Crippen LogP contribution in [0.2, 0.25) is 0 Å². The van der Waals surface area contributed by atoms with Crippen molar-refractivity contribution in [3.8, 4) is 0 Å². The first kappa shape index (κ1) is 16.1. The molecule has 5 heteroatoms. The molecule has 0 aliphatic carbocycles. The largest absolute Gasteiger partial charge is 0.383 e. The fourth-order valence-corrected chi connectivity index (χ4v) is 3.31. The molecule has 0 atom stereocenters. The molecule has 0 amide bonds. The van der Waals surface area contributed by atoms with Crippen molar-refractivity contribution >= 4 is 28.6 Å². The number of rotatable bonds is 7. The summed E-state index contributed by atoms with van der Waals surface area (Å²) in [6, 6.07) is 0. The summed E-state index contributed by atoms with van der Waals surface area (Å²) in [5.74, 6) is 2.63. The van der Waals surface area contributed by atoms with Gasteiger partial charge in [-0.1, -0.05) is 12.8 Å². The van der Waals surface area contributed by atoms with Crippen LogP contribution in [-0.2, 0) is 6.54 Å². The van der Waals surface area contributed by atoms with E-state index in [0.29, 0.717) is 5.82 Å². The lowest BCUT2D eigenvalue weighted by molar-refractivity contribution is 0.584. The van der Waals surface area contributed by atoms with Gasteiger partial charge in [-0.25, -0.2) is 9.97 Å². The van der Waals surface area contributed by atoms with Crippen molar-refractivity contribution in [1.82, 2.24) is 14.5 Å². The van der Waals surface area contributed by atoms with Gasteiger partial charge in [0.2, 0.25) is 0 Å². The minimum Gasteiger partial charge on any atom is -0.383 e. The Kier molecular flexibility index (Phi) is 5.51. The highest BCUT2D eigenvalue weighted by molar-refractivity contribution is 7.98. The Bertz CT molecular complexity index is 618. The van der Waals surface area contributed by atoms with Crippen molar-refractivity contribution in [3.63, 3.8) is 0 Å². The molecule has 0 bridgehead atoms. The second-order valence-electron chi connectivity index (χ2n) is 5.62. The molecule has 2 aromatic heterocycles. The predicted molar refractivity (Wildman–Crippen MR) is 93.0 cm³/mol. The van der Waals surface area contributed by atoms with Crippen molar-refractivity contribution in [2.75, 3.05) is 17.7 Å². The van der Waals surface area contributed by atoms with Crippen molar-refractivity contribution in [3.05, 3.63) is 17.1 Å². The zero-order valence-corrected chi connectivity index (χ0v) is 14.4. The van der Waals surface area contributed by atoms with Crippen LogP contribution in [-0.4, -0.2) is 26.5 Å². The molecule has 2 rings (SSSR count). The lowest BCUT2D eigenvalue weighted by Gasteiger charge is -2.08. The Balaban J connectivity index is 2.14. The van der Waals surface area contributed by atoms with Gasteiger partial charge in [0.1, 0.15) is 17.3 Å². The Morgan fingerprint density at radius 3 is 2.48 bits per heavy atom. The van der Waals surface area contributed by atoms with Gasteiger partial charge in [-0.3, -0.25) is 0 Å². The SMILES string of the molecule is CSCCCCCCn1c(C)c(C)c2c(N)nc(C)nc21. The molecule has 0 fully saturated rings. The first-order valence-electron chi connectivity index (χ1n) is 7.64. The number of fused-ring (bicyclic) bond motifs is 1. The summed E-state index contributed by atoms with van der Waals surface area (Å²) >= 11 is 1.93. The summed E-state index contributed by atoms with van der Waals surface area (Å²) in [6.45, 7) is 7.19. The van der Waals surface area contributed by atoms with Crippen molar-refractivity contribution in [2.24, 2.45) is 0 Å². The average molecular weight is 306 g/mol. The van der Waals surface area contributed by atoms with Gasteiger partial charge >= 0.3 is 0 Å². The minimum atomic E-state index is 0.608. The molecule has 0 radical (unpaired) electrons. The Labute approximate surface area is 131 Å². The topological polar surface area (TPSA) is 56.7 Å². The van der Waals surface area contributed by atoms with E-state index in [0.717, 1.165) is 23.4 Å². The first-order valence-corrected chi connectivity index (χ1v) is 9.04. The van der Waals surface area contributed by atoms with E-state index in [4.69, 9.17) is 5.73 Å². The van der Waals surface area contributed by atoms with E-state index in [1.165, 1.54) is 42.7 Å². The molecule has 0 saturated heterocycles. The fourth-order valence-electron chi connectivity index (χ4n) is 2.82. The van der Waals surface area contributed by atoms with Crippen LogP contribution in [0.15, 0.2) is 0 Å². The van der Waals surface area contributed by atoms with E-state index in [2.05, 4.69) is 34.6 Å². The van der Waals surface area contributed by atoms with Crippen molar-refractivity contribution in [1.29, 1.82) is 0 Å². The van der Waals surface area contributed by atoms with Crippen LogP contribution in [0.3, 0.4) is 0 Å². The molecule has 0 aromatic carbocycles. The normalized spacial score (nSPS) is 11.4. The second kappa shape index (κ2) is 7.16. The number of anilines is 1. The van der Waals surface area contributed by atoms with Gasteiger partial charge in [-0.2, -0.15) is 11.8 Å². The third-order valence-electron chi connectivity index (χ3n) is 4.09. The maximum absolute atomic E-state index is 6.08. The number of hydrogen-bond donors (Lipinski definition) is 1. The van der Waals surface area contributed by atoms with E-state index >= 15 is 0 Å². The highest BCUT2D eigenvalue weighted by Gasteiger charge is 2.15. The van der Waals surface area contributed by atoms with E-state index in [9.17, 15) is 0 Å². The number of hydrogen-bond acceptors (Lipinski definition) is 4. The third kappa shape index (κ3) is 3.51. The van der Waals surface area contributed by atoms with Crippen molar-refractivity contribution < 1.29 is 0 Å². The van der Waals surface area contributed by atoms with Crippen LogP contribution in [0.4, 0.5) is 5.82 Å². The maximum atomic E-state index is 6.08. The van der Waals surface area contributed by atoms with Crippen LogP contribution in [0.5, 0.6) is 0 Å². The summed E-state index contributed by atoms with van der Waals surface area (Å²) in [6.07, 6.45) is 7.28. The molecule has 2 N–H and O–H groups in total. The van der Waals surface area contributed by atoms with Crippen LogP contribution in [0, 0.1) is 20.8 Å². The predicted octanol–water partition coefficient (Wildman–Crippen LogP) is 3.86. The number of nitrogens with two attached hydrogens (primary N) is 1. The van der Waals surface area contributed by atoms with Crippen LogP contribution in [0.25, 0.3) is 11.0 Å². The van der Waals surface area contributed by atoms with Gasteiger partial charge < -0.3 is 10.3 Å². The molecule has 116 valence electrons. The second-order valence-corrected chi connectivity index (χ2v) is 6.61. The highest BCUT2D eigenvalue weighted by Crippen LogP contribution is 2.28. The van der Waals surface area contributed by atoms with Gasteiger partial charge in [-0.15, -0.1) is 0 Å². The Morgan fingerprint density at radius 1 is 1.05 bits per heavy atom. The summed E-state index contributed by atoms with van der Waals surface area (Å²) in [7, 11) is 0. The summed E-state index contributed by atoms with van der Waals surface area (Å²) in [5.41, 5.74) is 9.56. The summed E-state index contributed by atoms with van der Waals surface area (Å²) < 4.78 is 2.31. The van der Waals surface area contributed by atoms with Gasteiger partial charge in [0.05, 0.1) is 5.39 Å². The van der Waals surface area contributed by atoms with Crippen molar-refractivity contribution in [2.45, 2.75) is 53.0 Å². The molecule has 0 aliphatic rings. The van der Waals surface area contributed by atoms with Gasteiger partial charge in [0.15, 0.2) is 0 Å². The number of nitrogen functional groups attached to an aromatic ring is 1. The molecule has 0 unspecified atom stereocenters. The number of aryl methyl sites for hydroxylation is 3. The van der Waals surface area contributed by atoms with Crippen LogP contribution < -0.4 is 5.73 Å². The zero-order chi connectivity index (χ0) is 15.4. The van der Waals surface area contributed by atoms with E-state index in [1.54, 1.807) is 0 Å². The molecule has 2 aromatic rings. The smallest absolute Gasteiger partial charge is 0.146 e. The molecule has 2 heterocycles. The molecule has 0 aliphatic heterocycles. The molecule has 0 saturated carbocycles. The van der Waals surface area contributed by atoms with E-state index < -0.39 is 0 Å². The average Bonchev–Trinajstić information content (AvgIpc) is 2.67. The zero-order valence-electron chi connectivity index (χ0n) is 13.6.